The molecule has 2 rings (SSSR count). The molecule has 0 atom stereocenters. The van der Waals surface area contributed by atoms with Crippen LogP contribution in [0.1, 0.15) is 17.3 Å². The summed E-state index contributed by atoms with van der Waals surface area (Å²) in [6.07, 6.45) is 1.66. The van der Waals surface area contributed by atoms with E-state index in [0.29, 0.717) is 11.4 Å². The van der Waals surface area contributed by atoms with Gasteiger partial charge >= 0.3 is 0 Å². The van der Waals surface area contributed by atoms with Crippen LogP contribution in [0.2, 0.25) is 0 Å². The van der Waals surface area contributed by atoms with Gasteiger partial charge in [0.15, 0.2) is 0 Å². The molecule has 0 aliphatic carbocycles. The van der Waals surface area contributed by atoms with Crippen LogP contribution in [0.3, 0.4) is 0 Å². The Morgan fingerprint density at radius 3 is 2.68 bits per heavy atom. The Labute approximate surface area is 127 Å². The van der Waals surface area contributed by atoms with Crippen LogP contribution in [-0.2, 0) is 0 Å². The highest BCUT2D eigenvalue weighted by Gasteiger charge is 2.26. The molecular formula is C13H18IN3O2. The number of amides is 1. The summed E-state index contributed by atoms with van der Waals surface area (Å²) in [5.74, 6) is 0.430. The van der Waals surface area contributed by atoms with Crippen molar-refractivity contribution < 1.29 is 9.53 Å². The van der Waals surface area contributed by atoms with Crippen molar-refractivity contribution in [1.82, 2.24) is 14.8 Å². The van der Waals surface area contributed by atoms with Gasteiger partial charge in [-0.2, -0.15) is 0 Å². The van der Waals surface area contributed by atoms with Gasteiger partial charge in [0, 0.05) is 35.9 Å². The molecular weight excluding hydrogens is 357 g/mol. The highest BCUT2D eigenvalue weighted by Crippen LogP contribution is 2.23. The van der Waals surface area contributed by atoms with Gasteiger partial charge in [0.05, 0.1) is 7.11 Å². The van der Waals surface area contributed by atoms with Gasteiger partial charge in [-0.25, -0.2) is 4.98 Å². The third kappa shape index (κ3) is 3.17. The van der Waals surface area contributed by atoms with Crippen LogP contribution in [0, 0.1) is 3.57 Å². The largest absolute Gasteiger partial charge is 0.480 e. The monoisotopic (exact) mass is 375 g/mol. The van der Waals surface area contributed by atoms with Crippen molar-refractivity contribution >= 4 is 28.5 Å². The molecule has 0 bridgehead atoms. The number of ether oxygens (including phenoxy) is 1. The zero-order valence-electron chi connectivity index (χ0n) is 11.2. The lowest BCUT2D eigenvalue weighted by atomic mass is 10.2. The number of pyridine rings is 1. The molecule has 1 aromatic heterocycles. The van der Waals surface area contributed by atoms with Crippen molar-refractivity contribution in [2.75, 3.05) is 39.8 Å². The average molecular weight is 375 g/mol. The first-order valence-corrected chi connectivity index (χ1v) is 7.45. The van der Waals surface area contributed by atoms with Gasteiger partial charge in [-0.1, -0.05) is 6.92 Å². The average Bonchev–Trinajstić information content (AvgIpc) is 2.46. The van der Waals surface area contributed by atoms with E-state index in [1.807, 2.05) is 11.0 Å². The Hall–Kier alpha value is -0.890. The van der Waals surface area contributed by atoms with Crippen molar-refractivity contribution in [3.63, 3.8) is 0 Å². The van der Waals surface area contributed by atoms with Gasteiger partial charge < -0.3 is 14.5 Å². The molecule has 0 spiro atoms. The van der Waals surface area contributed by atoms with E-state index in [9.17, 15) is 4.79 Å². The van der Waals surface area contributed by atoms with E-state index in [-0.39, 0.29) is 5.91 Å². The Kier molecular flexibility index (Phi) is 4.98. The SMILES string of the molecule is CCN1CCN(C(=O)c2c(I)ccnc2OC)CC1. The van der Waals surface area contributed by atoms with E-state index in [4.69, 9.17) is 4.74 Å². The lowest BCUT2D eigenvalue weighted by Gasteiger charge is -2.34. The number of halogens is 1. The van der Waals surface area contributed by atoms with E-state index < -0.39 is 0 Å². The van der Waals surface area contributed by atoms with Crippen LogP contribution in [0.4, 0.5) is 0 Å². The minimum atomic E-state index is 0.0186. The predicted molar refractivity (Wildman–Crippen MR) is 81.5 cm³/mol. The maximum atomic E-state index is 12.6. The number of piperazine rings is 1. The van der Waals surface area contributed by atoms with Crippen LogP contribution in [0.25, 0.3) is 0 Å². The fraction of sp³-hybridized carbons (Fsp3) is 0.538. The highest BCUT2D eigenvalue weighted by molar-refractivity contribution is 14.1. The topological polar surface area (TPSA) is 45.7 Å². The Balaban J connectivity index is 2.16. The molecule has 0 saturated carbocycles. The summed E-state index contributed by atoms with van der Waals surface area (Å²) in [5.41, 5.74) is 0.579. The van der Waals surface area contributed by atoms with Crippen molar-refractivity contribution in [3.8, 4) is 5.88 Å². The molecule has 0 aromatic carbocycles. The first kappa shape index (κ1) is 14.5. The number of hydrogen-bond acceptors (Lipinski definition) is 4. The third-order valence-corrected chi connectivity index (χ3v) is 4.28. The van der Waals surface area contributed by atoms with Crippen molar-refractivity contribution in [3.05, 3.63) is 21.4 Å². The number of carbonyl (C=O) groups excluding carboxylic acids is 1. The molecule has 1 aliphatic rings. The Bertz CT molecular complexity index is 459. The van der Waals surface area contributed by atoms with Gasteiger partial charge in [-0.15, -0.1) is 0 Å². The number of hydrogen-bond donors (Lipinski definition) is 0. The van der Waals surface area contributed by atoms with Crippen LogP contribution in [0.15, 0.2) is 12.3 Å². The van der Waals surface area contributed by atoms with E-state index in [1.165, 1.54) is 0 Å². The zero-order valence-corrected chi connectivity index (χ0v) is 13.4. The molecule has 104 valence electrons. The standard InChI is InChI=1S/C13H18IN3O2/c1-3-16-6-8-17(9-7-16)13(18)11-10(14)4-5-15-12(11)19-2/h4-5H,3,6-9H2,1-2H3. The van der Waals surface area contributed by atoms with E-state index >= 15 is 0 Å². The van der Waals surface area contributed by atoms with Crippen LogP contribution in [-0.4, -0.2) is 60.5 Å². The number of methoxy groups -OCH3 is 1. The minimum Gasteiger partial charge on any atom is -0.480 e. The summed E-state index contributed by atoms with van der Waals surface area (Å²) < 4.78 is 6.09. The normalized spacial score (nSPS) is 16.5. The fourth-order valence-electron chi connectivity index (χ4n) is 2.19. The molecule has 1 saturated heterocycles. The molecule has 1 aromatic rings. The number of aromatic nitrogens is 1. The Morgan fingerprint density at radius 2 is 2.11 bits per heavy atom. The minimum absolute atomic E-state index is 0.0186. The first-order valence-electron chi connectivity index (χ1n) is 6.37. The van der Waals surface area contributed by atoms with E-state index in [1.54, 1.807) is 13.3 Å². The van der Waals surface area contributed by atoms with Crippen molar-refractivity contribution in [1.29, 1.82) is 0 Å². The molecule has 2 heterocycles. The van der Waals surface area contributed by atoms with E-state index in [0.717, 1.165) is 36.3 Å². The maximum absolute atomic E-state index is 12.6. The second-order valence-corrected chi connectivity index (χ2v) is 5.57. The highest BCUT2D eigenvalue weighted by atomic mass is 127. The molecule has 1 amide bonds. The number of carbonyl (C=O) groups is 1. The van der Waals surface area contributed by atoms with Gasteiger partial charge in [-0.05, 0) is 35.2 Å². The summed E-state index contributed by atoms with van der Waals surface area (Å²) in [4.78, 5) is 20.9. The third-order valence-electron chi connectivity index (χ3n) is 3.38. The van der Waals surface area contributed by atoms with Crippen LogP contribution < -0.4 is 4.74 Å². The summed E-state index contributed by atoms with van der Waals surface area (Å²) in [6, 6.07) is 1.83. The number of nitrogens with zero attached hydrogens (tertiary/aromatic N) is 3. The lowest BCUT2D eigenvalue weighted by Crippen LogP contribution is -2.48. The van der Waals surface area contributed by atoms with Crippen LogP contribution in [0.5, 0.6) is 5.88 Å². The summed E-state index contributed by atoms with van der Waals surface area (Å²) in [7, 11) is 1.55. The molecule has 1 aliphatic heterocycles. The molecule has 19 heavy (non-hydrogen) atoms. The summed E-state index contributed by atoms with van der Waals surface area (Å²) in [5, 5.41) is 0. The first-order chi connectivity index (χ1) is 9.17. The molecule has 0 radical (unpaired) electrons. The molecule has 1 fully saturated rings. The zero-order chi connectivity index (χ0) is 13.8. The fourth-order valence-corrected chi connectivity index (χ4v) is 2.82. The van der Waals surface area contributed by atoms with E-state index in [2.05, 4.69) is 39.4 Å². The van der Waals surface area contributed by atoms with Gasteiger partial charge in [0.2, 0.25) is 5.88 Å². The second kappa shape index (κ2) is 6.51. The van der Waals surface area contributed by atoms with Crippen molar-refractivity contribution in [2.45, 2.75) is 6.92 Å². The summed E-state index contributed by atoms with van der Waals surface area (Å²) >= 11 is 2.15. The van der Waals surface area contributed by atoms with Gasteiger partial charge in [0.1, 0.15) is 5.56 Å². The molecule has 6 heteroatoms. The smallest absolute Gasteiger partial charge is 0.260 e. The van der Waals surface area contributed by atoms with Crippen molar-refractivity contribution in [2.24, 2.45) is 0 Å². The predicted octanol–water partition coefficient (Wildman–Crippen LogP) is 1.47. The molecule has 0 N–H and O–H groups in total. The lowest BCUT2D eigenvalue weighted by molar-refractivity contribution is 0.0638. The summed E-state index contributed by atoms with van der Waals surface area (Å²) in [6.45, 7) is 6.57. The number of rotatable bonds is 3. The van der Waals surface area contributed by atoms with Crippen LogP contribution >= 0.6 is 22.6 Å². The second-order valence-electron chi connectivity index (χ2n) is 4.40. The number of likely N-dealkylation sites (N-methyl/N-ethyl adjacent to an activating group) is 1. The molecule has 0 unspecified atom stereocenters. The Morgan fingerprint density at radius 1 is 1.42 bits per heavy atom. The maximum Gasteiger partial charge on any atom is 0.260 e. The van der Waals surface area contributed by atoms with Gasteiger partial charge in [0.25, 0.3) is 5.91 Å². The van der Waals surface area contributed by atoms with Gasteiger partial charge in [-0.3, -0.25) is 4.79 Å². The quantitative estimate of drug-likeness (QED) is 0.751. The molecule has 5 nitrogen and oxygen atoms in total.